The van der Waals surface area contributed by atoms with Crippen LogP contribution in [-0.2, 0) is 15.6 Å². The van der Waals surface area contributed by atoms with Crippen molar-refractivity contribution >= 4 is 16.6 Å². The van der Waals surface area contributed by atoms with Crippen LogP contribution in [0.3, 0.4) is 0 Å². The first-order chi connectivity index (χ1) is 8.20. The second-order valence-electron chi connectivity index (χ2n) is 4.23. The molecule has 1 fully saturated rings. The lowest BCUT2D eigenvalue weighted by molar-refractivity contribution is -0.120. The quantitative estimate of drug-likeness (QED) is 0.829. The Morgan fingerprint density at radius 3 is 2.94 bits per heavy atom. The van der Waals surface area contributed by atoms with Gasteiger partial charge in [0.25, 0.3) is 0 Å². The van der Waals surface area contributed by atoms with E-state index in [2.05, 4.69) is 0 Å². The van der Waals surface area contributed by atoms with Crippen LogP contribution in [0.4, 0.5) is 0 Å². The van der Waals surface area contributed by atoms with E-state index >= 15 is 0 Å². The van der Waals surface area contributed by atoms with Gasteiger partial charge in [0, 0.05) is 23.0 Å². The van der Waals surface area contributed by atoms with E-state index in [9.17, 15) is 9.00 Å². The zero-order chi connectivity index (χ0) is 12.3. The molecule has 0 radical (unpaired) electrons. The molecule has 0 N–H and O–H groups in total. The second-order valence-corrected chi connectivity index (χ2v) is 5.97. The Hall–Kier alpha value is -1.16. The van der Waals surface area contributed by atoms with Crippen LogP contribution in [0.25, 0.3) is 0 Å². The summed E-state index contributed by atoms with van der Waals surface area (Å²) in [5, 5.41) is -0.0247. The highest BCUT2D eigenvalue weighted by atomic mass is 32.2. The molecule has 4 heteroatoms. The van der Waals surface area contributed by atoms with Crippen molar-refractivity contribution in [1.29, 1.82) is 0 Å². The first kappa shape index (κ1) is 12.3. The third-order valence-electron chi connectivity index (χ3n) is 3.01. The Balaban J connectivity index is 2.15. The van der Waals surface area contributed by atoms with Gasteiger partial charge in [0.15, 0.2) is 0 Å². The summed E-state index contributed by atoms with van der Waals surface area (Å²) in [6, 6.07) is 7.27. The van der Waals surface area contributed by atoms with Gasteiger partial charge in [-0.3, -0.25) is 9.00 Å². The van der Waals surface area contributed by atoms with Crippen molar-refractivity contribution in [3.63, 3.8) is 0 Å². The summed E-state index contributed by atoms with van der Waals surface area (Å²) in [6.45, 7) is 0. The van der Waals surface area contributed by atoms with Gasteiger partial charge in [-0.15, -0.1) is 0 Å². The van der Waals surface area contributed by atoms with Crippen molar-refractivity contribution in [3.8, 4) is 5.75 Å². The van der Waals surface area contributed by atoms with Gasteiger partial charge in [-0.05, 0) is 31.0 Å². The van der Waals surface area contributed by atoms with E-state index < -0.39 is 10.8 Å². The molecule has 0 amide bonds. The van der Waals surface area contributed by atoms with Gasteiger partial charge in [-0.2, -0.15) is 0 Å². The molecule has 1 saturated carbocycles. The number of carbonyl (C=O) groups excluding carboxylic acids is 1. The Morgan fingerprint density at radius 1 is 1.41 bits per heavy atom. The number of methoxy groups -OCH3 is 1. The van der Waals surface area contributed by atoms with Crippen LogP contribution in [0.5, 0.6) is 5.75 Å². The zero-order valence-electron chi connectivity index (χ0n) is 9.85. The van der Waals surface area contributed by atoms with Crippen molar-refractivity contribution in [2.45, 2.75) is 35.8 Å². The van der Waals surface area contributed by atoms with Gasteiger partial charge in [-0.25, -0.2) is 0 Å². The highest BCUT2D eigenvalue weighted by Gasteiger charge is 2.25. The molecule has 2 rings (SSSR count). The minimum atomic E-state index is -1.10. The minimum Gasteiger partial charge on any atom is -0.497 e. The molecule has 1 aromatic carbocycles. The van der Waals surface area contributed by atoms with Gasteiger partial charge in [-0.1, -0.05) is 6.07 Å². The monoisotopic (exact) mass is 252 g/mol. The van der Waals surface area contributed by atoms with Crippen molar-refractivity contribution in [1.82, 2.24) is 0 Å². The molecular weight excluding hydrogens is 236 g/mol. The van der Waals surface area contributed by atoms with Crippen LogP contribution in [0.15, 0.2) is 29.2 Å². The van der Waals surface area contributed by atoms with Gasteiger partial charge in [0.05, 0.1) is 17.9 Å². The third-order valence-corrected chi connectivity index (χ3v) is 4.74. The number of hydrogen-bond acceptors (Lipinski definition) is 3. The number of benzene rings is 1. The van der Waals surface area contributed by atoms with E-state index in [1.165, 1.54) is 0 Å². The standard InChI is InChI=1S/C13H16O3S/c1-16-11-5-3-7-13(9-11)17(15)12-6-2-4-10(14)8-12/h3,5,7,9,12H,2,4,6,8H2,1H3. The fourth-order valence-corrected chi connectivity index (χ4v) is 3.63. The molecule has 1 aliphatic carbocycles. The van der Waals surface area contributed by atoms with Crippen molar-refractivity contribution in [2.24, 2.45) is 0 Å². The predicted molar refractivity (Wildman–Crippen MR) is 66.7 cm³/mol. The molecule has 3 nitrogen and oxygen atoms in total. The minimum absolute atomic E-state index is 0.0247. The Kier molecular flexibility index (Phi) is 3.94. The predicted octanol–water partition coefficient (Wildman–Crippen LogP) is 2.31. The second kappa shape index (κ2) is 5.45. The molecule has 2 unspecified atom stereocenters. The number of Topliss-reactive ketones (excluding diaryl/α,β-unsaturated/α-hetero) is 1. The fraction of sp³-hybridized carbons (Fsp3) is 0.462. The normalized spacial score (nSPS) is 22.2. The molecule has 1 aliphatic rings. The molecule has 92 valence electrons. The number of rotatable bonds is 3. The van der Waals surface area contributed by atoms with Gasteiger partial charge >= 0.3 is 0 Å². The van der Waals surface area contributed by atoms with Crippen LogP contribution < -0.4 is 4.74 Å². The molecule has 0 heterocycles. The highest BCUT2D eigenvalue weighted by molar-refractivity contribution is 7.85. The molecule has 2 atom stereocenters. The molecule has 0 bridgehead atoms. The summed E-state index contributed by atoms with van der Waals surface area (Å²) < 4.78 is 17.4. The van der Waals surface area contributed by atoms with Crippen LogP contribution in [0, 0.1) is 0 Å². The maximum atomic E-state index is 12.3. The number of ketones is 1. The lowest BCUT2D eigenvalue weighted by Crippen LogP contribution is -2.24. The smallest absolute Gasteiger partial charge is 0.134 e. The summed E-state index contributed by atoms with van der Waals surface area (Å²) >= 11 is 0. The molecule has 0 saturated heterocycles. The fourth-order valence-electron chi connectivity index (χ4n) is 2.09. The zero-order valence-corrected chi connectivity index (χ0v) is 10.7. The van der Waals surface area contributed by atoms with Gasteiger partial charge in [0.2, 0.25) is 0 Å². The first-order valence-electron chi connectivity index (χ1n) is 5.77. The van der Waals surface area contributed by atoms with Crippen LogP contribution in [0.2, 0.25) is 0 Å². The summed E-state index contributed by atoms with van der Waals surface area (Å²) in [4.78, 5) is 12.1. The topological polar surface area (TPSA) is 43.4 Å². The summed E-state index contributed by atoms with van der Waals surface area (Å²) in [5.74, 6) is 0.940. The molecule has 0 aromatic heterocycles. The Bertz CT molecular complexity index is 442. The first-order valence-corrected chi connectivity index (χ1v) is 6.98. The molecule has 17 heavy (non-hydrogen) atoms. The number of ether oxygens (including phenoxy) is 1. The summed E-state index contributed by atoms with van der Waals surface area (Å²) in [7, 11) is 0.486. The lowest BCUT2D eigenvalue weighted by Gasteiger charge is -2.20. The van der Waals surface area contributed by atoms with Crippen molar-refractivity contribution in [2.75, 3.05) is 7.11 Å². The van der Waals surface area contributed by atoms with E-state index in [4.69, 9.17) is 4.74 Å². The van der Waals surface area contributed by atoms with Gasteiger partial charge in [0.1, 0.15) is 11.5 Å². The number of hydrogen-bond donors (Lipinski definition) is 0. The summed E-state index contributed by atoms with van der Waals surface area (Å²) in [5.41, 5.74) is 0. The molecule has 0 spiro atoms. The van der Waals surface area contributed by atoms with E-state index in [1.54, 1.807) is 13.2 Å². The summed E-state index contributed by atoms with van der Waals surface area (Å²) in [6.07, 6.45) is 2.82. The van der Waals surface area contributed by atoms with E-state index in [-0.39, 0.29) is 11.0 Å². The van der Waals surface area contributed by atoms with Crippen LogP contribution >= 0.6 is 0 Å². The Labute approximate surface area is 104 Å². The highest BCUT2D eigenvalue weighted by Crippen LogP contribution is 2.25. The van der Waals surface area contributed by atoms with E-state index in [0.29, 0.717) is 18.6 Å². The number of carbonyl (C=O) groups is 1. The largest absolute Gasteiger partial charge is 0.497 e. The molecular formula is C13H16O3S. The molecule has 1 aromatic rings. The van der Waals surface area contributed by atoms with Crippen LogP contribution in [0.1, 0.15) is 25.7 Å². The Morgan fingerprint density at radius 2 is 2.24 bits per heavy atom. The lowest BCUT2D eigenvalue weighted by atomic mass is 9.99. The van der Waals surface area contributed by atoms with E-state index in [0.717, 1.165) is 17.7 Å². The van der Waals surface area contributed by atoms with Crippen molar-refractivity contribution in [3.05, 3.63) is 24.3 Å². The SMILES string of the molecule is COc1cccc(S(=O)C2CCCC(=O)C2)c1. The maximum absolute atomic E-state index is 12.3. The van der Waals surface area contributed by atoms with E-state index in [1.807, 2.05) is 18.2 Å². The third kappa shape index (κ3) is 2.94. The van der Waals surface area contributed by atoms with Crippen LogP contribution in [-0.4, -0.2) is 22.4 Å². The van der Waals surface area contributed by atoms with Crippen molar-refractivity contribution < 1.29 is 13.7 Å². The average molecular weight is 252 g/mol. The average Bonchev–Trinajstić information content (AvgIpc) is 2.38. The maximum Gasteiger partial charge on any atom is 0.134 e. The molecule has 0 aliphatic heterocycles. The van der Waals surface area contributed by atoms with Gasteiger partial charge < -0.3 is 4.74 Å².